The number of benzene rings is 3. The molecule has 1 aliphatic rings. The molecule has 0 aliphatic heterocycles. The molecule has 0 saturated heterocycles. The van der Waals surface area contributed by atoms with Crippen molar-refractivity contribution >= 4 is 5.78 Å². The van der Waals surface area contributed by atoms with Crippen molar-refractivity contribution in [1.82, 2.24) is 0 Å². The van der Waals surface area contributed by atoms with Crippen molar-refractivity contribution in [3.8, 4) is 22.3 Å². The van der Waals surface area contributed by atoms with Crippen LogP contribution >= 0.6 is 0 Å². The summed E-state index contributed by atoms with van der Waals surface area (Å²) >= 11 is 0. The molecule has 3 aromatic carbocycles. The van der Waals surface area contributed by atoms with Crippen LogP contribution in [0.4, 0.5) is 0 Å². The Labute approximate surface area is 143 Å². The first-order chi connectivity index (χ1) is 11.5. The minimum Gasteiger partial charge on any atom is -0.289 e. The van der Waals surface area contributed by atoms with Crippen molar-refractivity contribution in [2.45, 2.75) is 26.2 Å². The van der Waals surface area contributed by atoms with Gasteiger partial charge in [-0.2, -0.15) is 0 Å². The molecule has 4 rings (SSSR count). The quantitative estimate of drug-likeness (QED) is 0.430. The van der Waals surface area contributed by atoms with E-state index in [-0.39, 0.29) is 11.2 Å². The highest BCUT2D eigenvalue weighted by atomic mass is 16.1. The average Bonchev–Trinajstić information content (AvgIpc) is 2.88. The van der Waals surface area contributed by atoms with E-state index in [0.29, 0.717) is 0 Å². The van der Waals surface area contributed by atoms with Gasteiger partial charge in [-0.1, -0.05) is 81.4 Å². The van der Waals surface area contributed by atoms with E-state index in [0.717, 1.165) is 33.4 Å². The maximum Gasteiger partial charge on any atom is 0.194 e. The van der Waals surface area contributed by atoms with Crippen LogP contribution in [0.3, 0.4) is 0 Å². The van der Waals surface area contributed by atoms with Gasteiger partial charge in [-0.05, 0) is 39.3 Å². The smallest absolute Gasteiger partial charge is 0.194 e. The largest absolute Gasteiger partial charge is 0.289 e. The normalized spacial score (nSPS) is 12.9. The van der Waals surface area contributed by atoms with Crippen LogP contribution in [0.15, 0.2) is 66.7 Å². The molecule has 24 heavy (non-hydrogen) atoms. The molecule has 0 radical (unpaired) electrons. The number of ketones is 1. The predicted octanol–water partition coefficient (Wildman–Crippen LogP) is 5.86. The summed E-state index contributed by atoms with van der Waals surface area (Å²) in [6.07, 6.45) is 0. The number of hydrogen-bond donors (Lipinski definition) is 0. The van der Waals surface area contributed by atoms with Crippen LogP contribution in [0.25, 0.3) is 22.3 Å². The molecule has 0 aromatic heterocycles. The monoisotopic (exact) mass is 312 g/mol. The molecule has 118 valence electrons. The molecule has 1 nitrogen and oxygen atoms in total. The summed E-state index contributed by atoms with van der Waals surface area (Å²) in [7, 11) is 0. The molecule has 1 heteroatoms. The molecule has 0 amide bonds. The summed E-state index contributed by atoms with van der Waals surface area (Å²) in [4.78, 5) is 13.2. The van der Waals surface area contributed by atoms with Gasteiger partial charge in [0.1, 0.15) is 0 Å². The molecule has 0 saturated carbocycles. The molecular formula is C23H20O. The van der Waals surface area contributed by atoms with Crippen LogP contribution in [0.2, 0.25) is 0 Å². The predicted molar refractivity (Wildman–Crippen MR) is 99.4 cm³/mol. The van der Waals surface area contributed by atoms with Crippen molar-refractivity contribution in [3.05, 3.63) is 83.4 Å². The highest BCUT2D eigenvalue weighted by Crippen LogP contribution is 2.42. The van der Waals surface area contributed by atoms with Gasteiger partial charge in [-0.15, -0.1) is 0 Å². The molecular weight excluding hydrogens is 292 g/mol. The first-order valence-electron chi connectivity index (χ1n) is 8.35. The number of hydrogen-bond acceptors (Lipinski definition) is 1. The Morgan fingerprint density at radius 1 is 0.667 bits per heavy atom. The van der Waals surface area contributed by atoms with Gasteiger partial charge < -0.3 is 0 Å². The Balaban J connectivity index is 1.93. The first-order valence-corrected chi connectivity index (χ1v) is 8.35. The summed E-state index contributed by atoms with van der Waals surface area (Å²) in [5.74, 6) is 0.144. The summed E-state index contributed by atoms with van der Waals surface area (Å²) in [6.45, 7) is 6.53. The third kappa shape index (κ3) is 2.20. The van der Waals surface area contributed by atoms with Crippen molar-refractivity contribution in [3.63, 3.8) is 0 Å². The third-order valence-corrected chi connectivity index (χ3v) is 4.80. The first kappa shape index (κ1) is 14.9. The van der Waals surface area contributed by atoms with E-state index in [9.17, 15) is 4.79 Å². The summed E-state index contributed by atoms with van der Waals surface area (Å²) in [5, 5.41) is 0. The standard InChI is InChI=1S/C23H20O/c1-23(2,3)16-12-13-18-19-11-7-10-17(15-8-5-4-6-9-15)21(19)22(24)20(18)14-16/h4-14H,1-3H3. The molecule has 3 aromatic rings. The minimum atomic E-state index is 0.0341. The van der Waals surface area contributed by atoms with Gasteiger partial charge in [-0.25, -0.2) is 0 Å². The molecule has 0 heterocycles. The Morgan fingerprint density at radius 2 is 1.38 bits per heavy atom. The lowest BCUT2D eigenvalue weighted by Gasteiger charge is -2.19. The van der Waals surface area contributed by atoms with E-state index < -0.39 is 0 Å². The zero-order valence-electron chi connectivity index (χ0n) is 14.3. The van der Waals surface area contributed by atoms with E-state index in [1.165, 1.54) is 5.56 Å². The molecule has 0 N–H and O–H groups in total. The molecule has 0 spiro atoms. The number of carbonyl (C=O) groups excluding carboxylic acids is 1. The number of carbonyl (C=O) groups is 1. The van der Waals surface area contributed by atoms with Crippen molar-refractivity contribution < 1.29 is 4.79 Å². The third-order valence-electron chi connectivity index (χ3n) is 4.80. The summed E-state index contributed by atoms with van der Waals surface area (Å²) in [6, 6.07) is 22.6. The fourth-order valence-corrected chi connectivity index (χ4v) is 3.45. The lowest BCUT2D eigenvalue weighted by Crippen LogP contribution is -2.11. The van der Waals surface area contributed by atoms with Crippen LogP contribution < -0.4 is 0 Å². The van der Waals surface area contributed by atoms with E-state index in [4.69, 9.17) is 0 Å². The number of fused-ring (bicyclic) bond motifs is 3. The molecule has 0 unspecified atom stereocenters. The maximum absolute atomic E-state index is 13.2. The highest BCUT2D eigenvalue weighted by Gasteiger charge is 2.30. The molecule has 1 aliphatic carbocycles. The Kier molecular flexibility index (Phi) is 3.21. The van der Waals surface area contributed by atoms with Gasteiger partial charge in [0.05, 0.1) is 0 Å². The lowest BCUT2D eigenvalue weighted by atomic mass is 9.85. The van der Waals surface area contributed by atoms with E-state index in [1.54, 1.807) is 0 Å². The van der Waals surface area contributed by atoms with Crippen LogP contribution in [0.5, 0.6) is 0 Å². The fraction of sp³-hybridized carbons (Fsp3) is 0.174. The average molecular weight is 312 g/mol. The van der Waals surface area contributed by atoms with Crippen LogP contribution in [0, 0.1) is 0 Å². The van der Waals surface area contributed by atoms with Crippen molar-refractivity contribution in [1.29, 1.82) is 0 Å². The second kappa shape index (κ2) is 5.17. The SMILES string of the molecule is CC(C)(C)c1ccc2c(c1)C(=O)c1c(-c3ccccc3)cccc1-2. The van der Waals surface area contributed by atoms with Gasteiger partial charge in [0.25, 0.3) is 0 Å². The molecule has 0 fully saturated rings. The lowest BCUT2D eigenvalue weighted by molar-refractivity contribution is 0.104. The van der Waals surface area contributed by atoms with E-state index >= 15 is 0 Å². The van der Waals surface area contributed by atoms with Gasteiger partial charge in [-0.3, -0.25) is 4.79 Å². The van der Waals surface area contributed by atoms with E-state index in [2.05, 4.69) is 57.2 Å². The second-order valence-corrected chi connectivity index (χ2v) is 7.43. The van der Waals surface area contributed by atoms with E-state index in [1.807, 2.05) is 30.3 Å². The second-order valence-electron chi connectivity index (χ2n) is 7.43. The van der Waals surface area contributed by atoms with Gasteiger partial charge >= 0.3 is 0 Å². The minimum absolute atomic E-state index is 0.0341. The van der Waals surface area contributed by atoms with Gasteiger partial charge in [0.2, 0.25) is 0 Å². The Bertz CT molecular complexity index is 944. The van der Waals surface area contributed by atoms with Gasteiger partial charge in [0.15, 0.2) is 5.78 Å². The maximum atomic E-state index is 13.2. The van der Waals surface area contributed by atoms with Crippen molar-refractivity contribution in [2.75, 3.05) is 0 Å². The molecule has 0 atom stereocenters. The Hall–Kier alpha value is -2.67. The zero-order chi connectivity index (χ0) is 16.9. The van der Waals surface area contributed by atoms with Crippen molar-refractivity contribution in [2.24, 2.45) is 0 Å². The Morgan fingerprint density at radius 3 is 2.08 bits per heavy atom. The zero-order valence-corrected chi connectivity index (χ0v) is 14.3. The fourth-order valence-electron chi connectivity index (χ4n) is 3.45. The van der Waals surface area contributed by atoms with Crippen LogP contribution in [0.1, 0.15) is 42.3 Å². The topological polar surface area (TPSA) is 17.1 Å². The highest BCUT2D eigenvalue weighted by molar-refractivity contribution is 6.24. The summed E-state index contributed by atoms with van der Waals surface area (Å²) < 4.78 is 0. The van der Waals surface area contributed by atoms with Gasteiger partial charge in [0, 0.05) is 11.1 Å². The van der Waals surface area contributed by atoms with Crippen LogP contribution in [-0.4, -0.2) is 5.78 Å². The van der Waals surface area contributed by atoms with Crippen LogP contribution in [-0.2, 0) is 5.41 Å². The number of rotatable bonds is 1. The molecule has 0 bridgehead atoms. The summed E-state index contributed by atoms with van der Waals surface area (Å²) in [5.41, 5.74) is 7.12.